The average Bonchev–Trinajstić information content (AvgIpc) is 2.86. The molecule has 2 rings (SSSR count). The van der Waals surface area contributed by atoms with Crippen molar-refractivity contribution in [2.45, 2.75) is 12.8 Å². The van der Waals surface area contributed by atoms with Crippen molar-refractivity contribution in [1.82, 2.24) is 0 Å². The molecule has 0 bridgehead atoms. The SMILES string of the molecule is COc1ccccc1C(C#N)C(=O)c1coc(C)c1. The predicted molar refractivity (Wildman–Crippen MR) is 69.1 cm³/mol. The molecule has 0 amide bonds. The lowest BCUT2D eigenvalue weighted by Crippen LogP contribution is -2.11. The van der Waals surface area contributed by atoms with Gasteiger partial charge in [-0.05, 0) is 19.1 Å². The van der Waals surface area contributed by atoms with E-state index < -0.39 is 5.92 Å². The number of carbonyl (C=O) groups is 1. The number of methoxy groups -OCH3 is 1. The van der Waals surface area contributed by atoms with Crippen molar-refractivity contribution in [1.29, 1.82) is 5.26 Å². The van der Waals surface area contributed by atoms with Gasteiger partial charge in [-0.2, -0.15) is 5.26 Å². The van der Waals surface area contributed by atoms with Gasteiger partial charge < -0.3 is 9.15 Å². The fraction of sp³-hybridized carbons (Fsp3) is 0.200. The Morgan fingerprint density at radius 2 is 2.16 bits per heavy atom. The highest BCUT2D eigenvalue weighted by atomic mass is 16.5. The first kappa shape index (κ1) is 12.9. The number of nitriles is 1. The molecule has 0 aliphatic heterocycles. The monoisotopic (exact) mass is 255 g/mol. The lowest BCUT2D eigenvalue weighted by molar-refractivity contribution is 0.0977. The van der Waals surface area contributed by atoms with E-state index in [1.807, 2.05) is 6.07 Å². The molecule has 0 radical (unpaired) electrons. The van der Waals surface area contributed by atoms with Crippen molar-refractivity contribution in [3.8, 4) is 11.8 Å². The average molecular weight is 255 g/mol. The highest BCUT2D eigenvalue weighted by Crippen LogP contribution is 2.29. The van der Waals surface area contributed by atoms with Gasteiger partial charge in [0.2, 0.25) is 0 Å². The van der Waals surface area contributed by atoms with Gasteiger partial charge in [-0.3, -0.25) is 4.79 Å². The standard InChI is InChI=1S/C15H13NO3/c1-10-7-11(9-19-10)15(17)13(8-16)12-5-3-4-6-14(12)18-2/h3-7,9,13H,1-2H3. The number of Topliss-reactive ketones (excluding diaryl/α,β-unsaturated/α-hetero) is 1. The van der Waals surface area contributed by atoms with E-state index in [-0.39, 0.29) is 5.78 Å². The second-order valence-electron chi connectivity index (χ2n) is 4.11. The lowest BCUT2D eigenvalue weighted by atomic mass is 9.92. The Balaban J connectivity index is 2.40. The summed E-state index contributed by atoms with van der Waals surface area (Å²) >= 11 is 0. The van der Waals surface area contributed by atoms with Crippen molar-refractivity contribution in [2.75, 3.05) is 7.11 Å². The number of hydrogen-bond donors (Lipinski definition) is 0. The van der Waals surface area contributed by atoms with Gasteiger partial charge in [0, 0.05) is 5.56 Å². The van der Waals surface area contributed by atoms with Gasteiger partial charge in [-0.1, -0.05) is 18.2 Å². The number of para-hydroxylation sites is 1. The molecule has 4 heteroatoms. The van der Waals surface area contributed by atoms with E-state index in [2.05, 4.69) is 0 Å². The van der Waals surface area contributed by atoms with Crippen LogP contribution in [0.1, 0.15) is 27.6 Å². The van der Waals surface area contributed by atoms with Gasteiger partial charge >= 0.3 is 0 Å². The molecule has 0 N–H and O–H groups in total. The van der Waals surface area contributed by atoms with E-state index in [0.717, 1.165) is 0 Å². The third-order valence-corrected chi connectivity index (χ3v) is 2.86. The van der Waals surface area contributed by atoms with E-state index in [1.54, 1.807) is 37.3 Å². The maximum Gasteiger partial charge on any atom is 0.187 e. The molecule has 0 aliphatic carbocycles. The van der Waals surface area contributed by atoms with Crippen LogP contribution >= 0.6 is 0 Å². The van der Waals surface area contributed by atoms with E-state index in [0.29, 0.717) is 22.6 Å². The zero-order chi connectivity index (χ0) is 13.8. The normalized spacial score (nSPS) is 11.6. The quantitative estimate of drug-likeness (QED) is 0.787. The molecule has 0 spiro atoms. The molecule has 1 unspecified atom stereocenters. The van der Waals surface area contributed by atoms with Gasteiger partial charge in [0.05, 0.1) is 18.7 Å². The molecule has 1 aromatic carbocycles. The Morgan fingerprint density at radius 1 is 1.42 bits per heavy atom. The van der Waals surface area contributed by atoms with Crippen LogP contribution in [-0.4, -0.2) is 12.9 Å². The molecule has 0 aliphatic rings. The second kappa shape index (κ2) is 5.40. The topological polar surface area (TPSA) is 63.2 Å². The number of aryl methyl sites for hydroxylation is 1. The Hall–Kier alpha value is -2.54. The number of ether oxygens (including phenoxy) is 1. The van der Waals surface area contributed by atoms with Crippen LogP contribution < -0.4 is 4.74 Å². The molecule has 1 heterocycles. The molecular weight excluding hydrogens is 242 g/mol. The van der Waals surface area contributed by atoms with Crippen LogP contribution in [-0.2, 0) is 0 Å². The van der Waals surface area contributed by atoms with Crippen LogP contribution in [0, 0.1) is 18.3 Å². The van der Waals surface area contributed by atoms with Crippen LogP contribution in [0.3, 0.4) is 0 Å². The summed E-state index contributed by atoms with van der Waals surface area (Å²) in [5.41, 5.74) is 0.964. The minimum Gasteiger partial charge on any atom is -0.496 e. The van der Waals surface area contributed by atoms with Gasteiger partial charge in [-0.15, -0.1) is 0 Å². The zero-order valence-corrected chi connectivity index (χ0v) is 10.7. The number of benzene rings is 1. The zero-order valence-electron chi connectivity index (χ0n) is 10.7. The Labute approximate surface area is 111 Å². The number of rotatable bonds is 4. The summed E-state index contributed by atoms with van der Waals surface area (Å²) in [6.45, 7) is 1.75. The summed E-state index contributed by atoms with van der Waals surface area (Å²) < 4.78 is 10.3. The Kier molecular flexibility index (Phi) is 3.67. The van der Waals surface area contributed by atoms with Gasteiger partial charge in [0.25, 0.3) is 0 Å². The van der Waals surface area contributed by atoms with Gasteiger partial charge in [0.15, 0.2) is 5.78 Å². The van der Waals surface area contributed by atoms with E-state index in [4.69, 9.17) is 9.15 Å². The minimum atomic E-state index is -0.895. The Morgan fingerprint density at radius 3 is 2.74 bits per heavy atom. The van der Waals surface area contributed by atoms with Crippen LogP contribution in [0.5, 0.6) is 5.75 Å². The van der Waals surface area contributed by atoms with Crippen molar-refractivity contribution in [3.05, 3.63) is 53.5 Å². The molecule has 0 saturated heterocycles. The van der Waals surface area contributed by atoms with Crippen molar-refractivity contribution in [3.63, 3.8) is 0 Å². The van der Waals surface area contributed by atoms with Crippen LogP contribution in [0.2, 0.25) is 0 Å². The molecule has 1 aromatic heterocycles. The number of ketones is 1. The fourth-order valence-corrected chi connectivity index (χ4v) is 1.91. The maximum atomic E-state index is 12.3. The van der Waals surface area contributed by atoms with E-state index in [9.17, 15) is 10.1 Å². The number of hydrogen-bond acceptors (Lipinski definition) is 4. The van der Waals surface area contributed by atoms with Gasteiger partial charge in [0.1, 0.15) is 23.7 Å². The maximum absolute atomic E-state index is 12.3. The first-order valence-corrected chi connectivity index (χ1v) is 5.79. The smallest absolute Gasteiger partial charge is 0.187 e. The predicted octanol–water partition coefficient (Wildman–Crippen LogP) is 3.09. The molecule has 0 saturated carbocycles. The summed E-state index contributed by atoms with van der Waals surface area (Å²) in [7, 11) is 1.51. The Bertz CT molecular complexity index is 637. The highest BCUT2D eigenvalue weighted by molar-refractivity contribution is 6.03. The molecule has 4 nitrogen and oxygen atoms in total. The fourth-order valence-electron chi connectivity index (χ4n) is 1.91. The molecular formula is C15H13NO3. The van der Waals surface area contributed by atoms with E-state index in [1.165, 1.54) is 13.4 Å². The summed E-state index contributed by atoms with van der Waals surface area (Å²) in [6, 6.07) is 10.7. The first-order valence-electron chi connectivity index (χ1n) is 5.79. The summed E-state index contributed by atoms with van der Waals surface area (Å²) in [5.74, 6) is -0.0142. The van der Waals surface area contributed by atoms with Crippen molar-refractivity contribution < 1.29 is 13.9 Å². The molecule has 0 fully saturated rings. The lowest BCUT2D eigenvalue weighted by Gasteiger charge is -2.11. The van der Waals surface area contributed by atoms with Crippen LogP contribution in [0.4, 0.5) is 0 Å². The summed E-state index contributed by atoms with van der Waals surface area (Å²) in [4.78, 5) is 12.3. The van der Waals surface area contributed by atoms with Crippen LogP contribution in [0.15, 0.2) is 41.0 Å². The molecule has 19 heavy (non-hydrogen) atoms. The molecule has 2 aromatic rings. The molecule has 96 valence electrons. The number of furan rings is 1. The second-order valence-corrected chi connectivity index (χ2v) is 4.11. The van der Waals surface area contributed by atoms with E-state index >= 15 is 0 Å². The highest BCUT2D eigenvalue weighted by Gasteiger charge is 2.25. The summed E-state index contributed by atoms with van der Waals surface area (Å²) in [6.07, 6.45) is 1.37. The molecule has 1 atom stereocenters. The van der Waals surface area contributed by atoms with Crippen LogP contribution in [0.25, 0.3) is 0 Å². The van der Waals surface area contributed by atoms with Crippen molar-refractivity contribution in [2.24, 2.45) is 0 Å². The largest absolute Gasteiger partial charge is 0.496 e. The first-order chi connectivity index (χ1) is 9.17. The summed E-state index contributed by atoms with van der Waals surface area (Å²) in [5, 5.41) is 9.28. The minimum absolute atomic E-state index is 0.288. The number of nitrogens with zero attached hydrogens (tertiary/aromatic N) is 1. The van der Waals surface area contributed by atoms with Gasteiger partial charge in [-0.25, -0.2) is 0 Å². The third-order valence-electron chi connectivity index (χ3n) is 2.86. The number of carbonyl (C=O) groups excluding carboxylic acids is 1. The third kappa shape index (κ3) is 2.50. The van der Waals surface area contributed by atoms with Crippen molar-refractivity contribution >= 4 is 5.78 Å².